The van der Waals surface area contributed by atoms with E-state index in [0.29, 0.717) is 0 Å². The van der Waals surface area contributed by atoms with Crippen LogP contribution in [0.2, 0.25) is 6.04 Å². The van der Waals surface area contributed by atoms with Crippen LogP contribution >= 0.6 is 11.6 Å². The molecule has 24 heavy (non-hydrogen) atoms. The van der Waals surface area contributed by atoms with Gasteiger partial charge in [0.05, 0.1) is 0 Å². The van der Waals surface area contributed by atoms with E-state index in [1.54, 1.807) is 21.3 Å². The maximum Gasteiger partial charge on any atom is 0.500 e. The molecule has 0 spiro atoms. The van der Waals surface area contributed by atoms with Gasteiger partial charge in [0.2, 0.25) is 0 Å². The van der Waals surface area contributed by atoms with Crippen molar-refractivity contribution in [2.75, 3.05) is 27.2 Å². The van der Waals surface area contributed by atoms with Crippen LogP contribution in [0.1, 0.15) is 89.9 Å². The lowest BCUT2D eigenvalue weighted by molar-refractivity contribution is 0.122. The van der Waals surface area contributed by atoms with Crippen LogP contribution in [-0.4, -0.2) is 36.0 Å². The highest BCUT2D eigenvalue weighted by Crippen LogP contribution is 2.18. The van der Waals surface area contributed by atoms with E-state index in [2.05, 4.69) is 0 Å². The highest BCUT2D eigenvalue weighted by Gasteiger charge is 2.36. The minimum Gasteiger partial charge on any atom is -0.377 e. The van der Waals surface area contributed by atoms with E-state index in [4.69, 9.17) is 24.9 Å². The van der Waals surface area contributed by atoms with Gasteiger partial charge in [0, 0.05) is 33.3 Å². The van der Waals surface area contributed by atoms with Crippen LogP contribution in [0.4, 0.5) is 0 Å². The van der Waals surface area contributed by atoms with Crippen molar-refractivity contribution in [2.45, 2.75) is 95.9 Å². The summed E-state index contributed by atoms with van der Waals surface area (Å²) >= 11 is 5.68. The first-order valence-corrected chi connectivity index (χ1v) is 12.4. The van der Waals surface area contributed by atoms with Crippen molar-refractivity contribution >= 4 is 20.4 Å². The predicted octanol–water partition coefficient (Wildman–Crippen LogP) is 6.56. The molecule has 0 heterocycles. The molecule has 5 heteroatoms. The van der Waals surface area contributed by atoms with E-state index in [9.17, 15) is 0 Å². The number of halogens is 1. The number of unbranched alkanes of at least 4 members (excludes halogenated alkanes) is 13. The minimum absolute atomic E-state index is 0.827. The fraction of sp³-hybridized carbons (Fsp3) is 1.00. The van der Waals surface area contributed by atoms with Crippen LogP contribution in [0, 0.1) is 0 Å². The third-order valence-electron chi connectivity index (χ3n) is 4.80. The van der Waals surface area contributed by atoms with Gasteiger partial charge in [0.25, 0.3) is 0 Å². The first-order chi connectivity index (χ1) is 11.7. The second-order valence-electron chi connectivity index (χ2n) is 6.68. The number of hydrogen-bond acceptors (Lipinski definition) is 3. The molecule has 0 bridgehead atoms. The smallest absolute Gasteiger partial charge is 0.377 e. The molecule has 146 valence electrons. The summed E-state index contributed by atoms with van der Waals surface area (Å²) in [6.45, 7) is 0. The minimum atomic E-state index is -2.33. The van der Waals surface area contributed by atoms with Crippen molar-refractivity contribution in [1.29, 1.82) is 0 Å². The highest BCUT2D eigenvalue weighted by molar-refractivity contribution is 6.60. The summed E-state index contributed by atoms with van der Waals surface area (Å²) in [6.07, 6.45) is 18.8. The van der Waals surface area contributed by atoms with Crippen molar-refractivity contribution in [1.82, 2.24) is 0 Å². The van der Waals surface area contributed by atoms with E-state index in [1.807, 2.05) is 0 Å². The second kappa shape index (κ2) is 18.2. The van der Waals surface area contributed by atoms with Gasteiger partial charge in [0.1, 0.15) is 0 Å². The van der Waals surface area contributed by atoms with E-state index in [-0.39, 0.29) is 0 Å². The molecule has 3 nitrogen and oxygen atoms in total. The van der Waals surface area contributed by atoms with Gasteiger partial charge >= 0.3 is 8.80 Å². The lowest BCUT2D eigenvalue weighted by Crippen LogP contribution is -2.42. The third-order valence-corrected chi connectivity index (χ3v) is 7.90. The molecular weight excluding hydrogens is 340 g/mol. The summed E-state index contributed by atoms with van der Waals surface area (Å²) in [6, 6.07) is 0.932. The Morgan fingerprint density at radius 2 is 0.792 bits per heavy atom. The molecule has 0 aliphatic rings. The first-order valence-electron chi connectivity index (χ1n) is 9.96. The molecule has 0 fully saturated rings. The Labute approximate surface area is 157 Å². The van der Waals surface area contributed by atoms with Crippen LogP contribution in [-0.2, 0) is 13.3 Å². The largest absolute Gasteiger partial charge is 0.500 e. The van der Waals surface area contributed by atoms with Crippen LogP contribution in [0.5, 0.6) is 0 Å². The maximum atomic E-state index is 5.68. The van der Waals surface area contributed by atoms with Gasteiger partial charge in [-0.25, -0.2) is 0 Å². The van der Waals surface area contributed by atoms with Crippen molar-refractivity contribution in [2.24, 2.45) is 0 Å². The molecule has 0 rings (SSSR count). The van der Waals surface area contributed by atoms with Crippen LogP contribution in [0.15, 0.2) is 0 Å². The molecule has 0 aromatic carbocycles. The maximum absolute atomic E-state index is 5.68. The standard InChI is InChI=1S/C19H41ClO3Si/c1-21-24(22-2,23-3)19-17-15-13-11-9-7-5-4-6-8-10-12-14-16-18-20/h4-19H2,1-3H3. The third kappa shape index (κ3) is 13.7. The van der Waals surface area contributed by atoms with Crippen molar-refractivity contribution in [3.63, 3.8) is 0 Å². The summed E-state index contributed by atoms with van der Waals surface area (Å²) in [5.41, 5.74) is 0. The fourth-order valence-electron chi connectivity index (χ4n) is 3.11. The summed E-state index contributed by atoms with van der Waals surface area (Å²) in [5.74, 6) is 0.827. The molecule has 0 atom stereocenters. The van der Waals surface area contributed by atoms with E-state index in [1.165, 1.54) is 83.5 Å². The summed E-state index contributed by atoms with van der Waals surface area (Å²) in [4.78, 5) is 0. The van der Waals surface area contributed by atoms with Gasteiger partial charge < -0.3 is 13.3 Å². The molecular formula is C19H41ClO3Si. The molecule has 0 unspecified atom stereocenters. The summed E-state index contributed by atoms with van der Waals surface area (Å²) in [7, 11) is 2.75. The molecule has 0 saturated heterocycles. The first kappa shape index (κ1) is 24.4. The number of rotatable bonds is 19. The molecule has 0 N–H and O–H groups in total. The van der Waals surface area contributed by atoms with Crippen LogP contribution in [0.25, 0.3) is 0 Å². The van der Waals surface area contributed by atoms with Gasteiger partial charge in [-0.05, 0) is 12.8 Å². The molecule has 0 aromatic rings. The van der Waals surface area contributed by atoms with Crippen LogP contribution in [0.3, 0.4) is 0 Å². The fourth-order valence-corrected chi connectivity index (χ4v) is 5.10. The van der Waals surface area contributed by atoms with Gasteiger partial charge in [-0.3, -0.25) is 0 Å². The van der Waals surface area contributed by atoms with Crippen molar-refractivity contribution < 1.29 is 13.3 Å². The SMILES string of the molecule is CO[Si](CCCCCCCCCCCCCCCCCl)(OC)OC. The van der Waals surface area contributed by atoms with Gasteiger partial charge in [0.15, 0.2) is 0 Å². The lowest BCUT2D eigenvalue weighted by atomic mass is 10.0. The number of hydrogen-bond donors (Lipinski definition) is 0. The average molecular weight is 381 g/mol. The zero-order valence-corrected chi connectivity index (χ0v) is 18.2. The molecule has 0 aliphatic carbocycles. The Morgan fingerprint density at radius 3 is 1.08 bits per heavy atom. The lowest BCUT2D eigenvalue weighted by Gasteiger charge is -2.24. The van der Waals surface area contributed by atoms with Crippen molar-refractivity contribution in [3.8, 4) is 0 Å². The Morgan fingerprint density at radius 1 is 0.500 bits per heavy atom. The van der Waals surface area contributed by atoms with Crippen molar-refractivity contribution in [3.05, 3.63) is 0 Å². The van der Waals surface area contributed by atoms with Gasteiger partial charge in [-0.15, -0.1) is 11.6 Å². The molecule has 0 aromatic heterocycles. The van der Waals surface area contributed by atoms with E-state index >= 15 is 0 Å². The zero-order valence-electron chi connectivity index (χ0n) is 16.4. The van der Waals surface area contributed by atoms with Gasteiger partial charge in [-0.2, -0.15) is 0 Å². The normalized spacial score (nSPS) is 12.0. The van der Waals surface area contributed by atoms with E-state index < -0.39 is 8.80 Å². The Bertz CT molecular complexity index is 243. The Hall–Kier alpha value is 0.387. The number of alkyl halides is 1. The average Bonchev–Trinajstić information content (AvgIpc) is 2.62. The Kier molecular flexibility index (Phi) is 18.5. The zero-order chi connectivity index (χ0) is 17.9. The van der Waals surface area contributed by atoms with Gasteiger partial charge in [-0.1, -0.05) is 77.0 Å². The second-order valence-corrected chi connectivity index (χ2v) is 10.2. The van der Waals surface area contributed by atoms with E-state index in [0.717, 1.165) is 18.3 Å². The molecule has 0 amide bonds. The van der Waals surface area contributed by atoms with Crippen LogP contribution < -0.4 is 0 Å². The summed E-state index contributed by atoms with van der Waals surface area (Å²) < 4.78 is 16.3. The highest BCUT2D eigenvalue weighted by atomic mass is 35.5. The Balaban J connectivity index is 3.23. The molecule has 0 saturated carbocycles. The molecule has 0 radical (unpaired) electrons. The topological polar surface area (TPSA) is 27.7 Å². The summed E-state index contributed by atoms with van der Waals surface area (Å²) in [5, 5.41) is 0. The quantitative estimate of drug-likeness (QED) is 0.144. The predicted molar refractivity (Wildman–Crippen MR) is 107 cm³/mol. The monoisotopic (exact) mass is 380 g/mol. The molecule has 0 aliphatic heterocycles.